The number of hydrogen-bond donors (Lipinski definition) is 2. The summed E-state index contributed by atoms with van der Waals surface area (Å²) in [5.41, 5.74) is 4.87. The van der Waals surface area contributed by atoms with Crippen LogP contribution in [-0.2, 0) is 4.79 Å². The molecular formula is C11H18N4O2. The number of hydrogen-bond acceptors (Lipinski definition) is 4. The van der Waals surface area contributed by atoms with Gasteiger partial charge in [0, 0.05) is 31.4 Å². The van der Waals surface area contributed by atoms with E-state index in [1.807, 2.05) is 13.8 Å². The SMILES string of the molecule is CC(C)n1ccnc(NCCCC(N)=O)c1=O. The summed E-state index contributed by atoms with van der Waals surface area (Å²) in [7, 11) is 0. The quantitative estimate of drug-likeness (QED) is 0.706. The molecule has 0 spiro atoms. The number of amides is 1. The summed E-state index contributed by atoms with van der Waals surface area (Å²) in [5, 5.41) is 2.91. The molecule has 1 aromatic rings. The number of rotatable bonds is 6. The maximum Gasteiger partial charge on any atom is 0.293 e. The number of carbonyl (C=O) groups is 1. The third kappa shape index (κ3) is 3.90. The number of anilines is 1. The first-order valence-electron chi connectivity index (χ1n) is 5.61. The molecule has 0 fully saturated rings. The lowest BCUT2D eigenvalue weighted by atomic mass is 10.3. The summed E-state index contributed by atoms with van der Waals surface area (Å²) in [5.74, 6) is -0.0296. The largest absolute Gasteiger partial charge is 0.370 e. The highest BCUT2D eigenvalue weighted by atomic mass is 16.1. The molecule has 0 radical (unpaired) electrons. The molecule has 0 aliphatic rings. The lowest BCUT2D eigenvalue weighted by molar-refractivity contribution is -0.118. The van der Waals surface area contributed by atoms with Crippen LogP contribution in [0.3, 0.4) is 0 Å². The molecule has 0 aliphatic carbocycles. The molecule has 0 unspecified atom stereocenters. The Kier molecular flexibility index (Phi) is 4.68. The zero-order valence-corrected chi connectivity index (χ0v) is 10.1. The van der Waals surface area contributed by atoms with Crippen LogP contribution in [0.25, 0.3) is 0 Å². The van der Waals surface area contributed by atoms with E-state index < -0.39 is 0 Å². The summed E-state index contributed by atoms with van der Waals surface area (Å²) < 4.78 is 1.60. The summed E-state index contributed by atoms with van der Waals surface area (Å²) in [6.45, 7) is 4.36. The van der Waals surface area contributed by atoms with E-state index in [1.54, 1.807) is 17.0 Å². The number of primary amides is 1. The number of nitrogens with two attached hydrogens (primary N) is 1. The first-order chi connectivity index (χ1) is 8.02. The van der Waals surface area contributed by atoms with Crippen LogP contribution in [0.15, 0.2) is 17.2 Å². The van der Waals surface area contributed by atoms with Crippen LogP contribution < -0.4 is 16.6 Å². The van der Waals surface area contributed by atoms with E-state index in [9.17, 15) is 9.59 Å². The van der Waals surface area contributed by atoms with E-state index in [0.717, 1.165) is 0 Å². The third-order valence-electron chi connectivity index (χ3n) is 2.32. The van der Waals surface area contributed by atoms with Gasteiger partial charge in [-0.25, -0.2) is 4.98 Å². The van der Waals surface area contributed by atoms with Crippen molar-refractivity contribution in [2.75, 3.05) is 11.9 Å². The monoisotopic (exact) mass is 238 g/mol. The van der Waals surface area contributed by atoms with Gasteiger partial charge in [0.2, 0.25) is 5.91 Å². The van der Waals surface area contributed by atoms with Gasteiger partial charge >= 0.3 is 0 Å². The van der Waals surface area contributed by atoms with Crippen molar-refractivity contribution in [3.8, 4) is 0 Å². The summed E-state index contributed by atoms with van der Waals surface area (Å²) >= 11 is 0. The van der Waals surface area contributed by atoms with Crippen molar-refractivity contribution in [1.29, 1.82) is 0 Å². The molecule has 0 aliphatic heterocycles. The van der Waals surface area contributed by atoms with E-state index in [4.69, 9.17) is 5.73 Å². The Morgan fingerprint density at radius 2 is 2.29 bits per heavy atom. The van der Waals surface area contributed by atoms with Crippen molar-refractivity contribution in [1.82, 2.24) is 9.55 Å². The fourth-order valence-electron chi connectivity index (χ4n) is 1.42. The molecule has 1 amide bonds. The Hall–Kier alpha value is -1.85. The number of nitrogens with one attached hydrogen (secondary N) is 1. The van der Waals surface area contributed by atoms with Gasteiger partial charge in [-0.2, -0.15) is 0 Å². The Bertz CT molecular complexity index is 439. The molecule has 3 N–H and O–H groups in total. The molecule has 1 rings (SSSR count). The van der Waals surface area contributed by atoms with E-state index in [-0.39, 0.29) is 17.5 Å². The average Bonchev–Trinajstić information content (AvgIpc) is 2.25. The van der Waals surface area contributed by atoms with E-state index >= 15 is 0 Å². The van der Waals surface area contributed by atoms with Crippen LogP contribution in [0.1, 0.15) is 32.7 Å². The van der Waals surface area contributed by atoms with Crippen molar-refractivity contribution in [2.24, 2.45) is 5.73 Å². The second-order valence-corrected chi connectivity index (χ2v) is 4.08. The van der Waals surface area contributed by atoms with Gasteiger partial charge in [0.15, 0.2) is 5.82 Å². The van der Waals surface area contributed by atoms with E-state index in [2.05, 4.69) is 10.3 Å². The summed E-state index contributed by atoms with van der Waals surface area (Å²) in [6, 6.07) is 0.0941. The third-order valence-corrected chi connectivity index (χ3v) is 2.32. The molecule has 0 saturated heterocycles. The highest BCUT2D eigenvalue weighted by Crippen LogP contribution is 2.01. The number of carbonyl (C=O) groups excluding carboxylic acids is 1. The Morgan fingerprint density at radius 3 is 2.88 bits per heavy atom. The first-order valence-corrected chi connectivity index (χ1v) is 5.61. The topological polar surface area (TPSA) is 90.0 Å². The minimum absolute atomic E-state index is 0.0941. The van der Waals surface area contributed by atoms with Crippen LogP contribution in [0, 0.1) is 0 Å². The van der Waals surface area contributed by atoms with Gasteiger partial charge in [-0.05, 0) is 20.3 Å². The van der Waals surface area contributed by atoms with Gasteiger partial charge < -0.3 is 15.6 Å². The highest BCUT2D eigenvalue weighted by molar-refractivity contribution is 5.73. The molecule has 0 aromatic carbocycles. The molecule has 1 aromatic heterocycles. The van der Waals surface area contributed by atoms with Crippen LogP contribution in [0.2, 0.25) is 0 Å². The van der Waals surface area contributed by atoms with Gasteiger partial charge in [0.05, 0.1) is 0 Å². The smallest absolute Gasteiger partial charge is 0.293 e. The Morgan fingerprint density at radius 1 is 1.59 bits per heavy atom. The van der Waals surface area contributed by atoms with Crippen LogP contribution in [0.4, 0.5) is 5.82 Å². The van der Waals surface area contributed by atoms with Gasteiger partial charge in [0.1, 0.15) is 0 Å². The van der Waals surface area contributed by atoms with Crippen molar-refractivity contribution in [3.63, 3.8) is 0 Å². The standard InChI is InChI=1S/C11H18N4O2/c1-8(2)15-7-6-14-10(11(15)17)13-5-3-4-9(12)16/h6-8H,3-5H2,1-2H3,(H2,12,16)(H,13,14). The van der Waals surface area contributed by atoms with E-state index in [1.165, 1.54) is 0 Å². The predicted octanol–water partition coefficient (Wildman–Crippen LogP) is 0.502. The maximum absolute atomic E-state index is 11.9. The van der Waals surface area contributed by atoms with Crippen LogP contribution in [0.5, 0.6) is 0 Å². The molecule has 0 atom stereocenters. The fraction of sp³-hybridized carbons (Fsp3) is 0.545. The Balaban J connectivity index is 2.63. The predicted molar refractivity (Wildman–Crippen MR) is 65.8 cm³/mol. The molecule has 0 saturated carbocycles. The van der Waals surface area contributed by atoms with Gasteiger partial charge in [-0.15, -0.1) is 0 Å². The number of aromatic nitrogens is 2. The molecule has 6 heteroatoms. The second kappa shape index (κ2) is 6.03. The molecule has 1 heterocycles. The molecule has 0 bridgehead atoms. The zero-order valence-electron chi connectivity index (χ0n) is 10.1. The maximum atomic E-state index is 11.9. The highest BCUT2D eigenvalue weighted by Gasteiger charge is 2.06. The minimum Gasteiger partial charge on any atom is -0.370 e. The first kappa shape index (κ1) is 13.2. The second-order valence-electron chi connectivity index (χ2n) is 4.08. The summed E-state index contributed by atoms with van der Waals surface area (Å²) in [4.78, 5) is 26.4. The minimum atomic E-state index is -0.340. The molecule has 94 valence electrons. The normalized spacial score (nSPS) is 10.5. The lowest BCUT2D eigenvalue weighted by Crippen LogP contribution is -2.26. The lowest BCUT2D eigenvalue weighted by Gasteiger charge is -2.11. The fourth-order valence-corrected chi connectivity index (χ4v) is 1.42. The van der Waals surface area contributed by atoms with Gasteiger partial charge in [-0.1, -0.05) is 0 Å². The van der Waals surface area contributed by atoms with Crippen LogP contribution in [-0.4, -0.2) is 22.0 Å². The Labute approximate surface area is 99.8 Å². The molecular weight excluding hydrogens is 220 g/mol. The van der Waals surface area contributed by atoms with Crippen molar-refractivity contribution < 1.29 is 4.79 Å². The van der Waals surface area contributed by atoms with Crippen molar-refractivity contribution in [2.45, 2.75) is 32.7 Å². The van der Waals surface area contributed by atoms with Gasteiger partial charge in [0.25, 0.3) is 5.56 Å². The molecule has 17 heavy (non-hydrogen) atoms. The van der Waals surface area contributed by atoms with E-state index in [0.29, 0.717) is 25.2 Å². The summed E-state index contributed by atoms with van der Waals surface area (Å²) in [6.07, 6.45) is 4.13. The molecule has 6 nitrogen and oxygen atoms in total. The van der Waals surface area contributed by atoms with Crippen molar-refractivity contribution in [3.05, 3.63) is 22.7 Å². The zero-order chi connectivity index (χ0) is 12.8. The van der Waals surface area contributed by atoms with Crippen LogP contribution >= 0.6 is 0 Å². The van der Waals surface area contributed by atoms with Gasteiger partial charge in [-0.3, -0.25) is 9.59 Å². The number of nitrogens with zero attached hydrogens (tertiary/aromatic N) is 2. The average molecular weight is 238 g/mol. The van der Waals surface area contributed by atoms with Crippen molar-refractivity contribution >= 4 is 11.7 Å².